The van der Waals surface area contributed by atoms with Gasteiger partial charge in [0.1, 0.15) is 0 Å². The SMILES string of the molecule is O=C(N=Nc1c(O)n(C2CSC2)c2ccc(Cl)cc12)C1CC1. The summed E-state index contributed by atoms with van der Waals surface area (Å²) in [6.07, 6.45) is 1.77. The molecule has 0 atom stereocenters. The first-order chi connectivity index (χ1) is 10.6. The van der Waals surface area contributed by atoms with Gasteiger partial charge in [-0.05, 0) is 31.0 Å². The number of azo groups is 1. The van der Waals surface area contributed by atoms with E-state index < -0.39 is 0 Å². The van der Waals surface area contributed by atoms with Gasteiger partial charge < -0.3 is 9.67 Å². The molecule has 7 heteroatoms. The zero-order valence-corrected chi connectivity index (χ0v) is 13.3. The van der Waals surface area contributed by atoms with Crippen molar-refractivity contribution in [1.82, 2.24) is 4.57 Å². The summed E-state index contributed by atoms with van der Waals surface area (Å²) in [6.45, 7) is 0. The third kappa shape index (κ3) is 2.30. The van der Waals surface area contributed by atoms with Crippen molar-refractivity contribution in [3.8, 4) is 5.88 Å². The number of nitrogens with zero attached hydrogens (tertiary/aromatic N) is 3. The first-order valence-corrected chi connectivity index (χ1v) is 8.74. The molecule has 0 radical (unpaired) electrons. The van der Waals surface area contributed by atoms with Crippen LogP contribution >= 0.6 is 23.4 Å². The summed E-state index contributed by atoms with van der Waals surface area (Å²) >= 11 is 7.90. The van der Waals surface area contributed by atoms with Crippen molar-refractivity contribution in [1.29, 1.82) is 0 Å². The lowest BCUT2D eigenvalue weighted by Gasteiger charge is -2.27. The van der Waals surface area contributed by atoms with E-state index >= 15 is 0 Å². The number of benzene rings is 1. The summed E-state index contributed by atoms with van der Waals surface area (Å²) in [5, 5.41) is 19.7. The quantitative estimate of drug-likeness (QED) is 0.850. The maximum atomic E-state index is 11.7. The third-order valence-corrected chi connectivity index (χ3v) is 5.55. The highest BCUT2D eigenvalue weighted by Crippen LogP contribution is 2.45. The van der Waals surface area contributed by atoms with Gasteiger partial charge in [-0.15, -0.1) is 10.2 Å². The molecule has 2 fully saturated rings. The zero-order valence-electron chi connectivity index (χ0n) is 11.7. The highest BCUT2D eigenvalue weighted by Gasteiger charge is 2.31. The van der Waals surface area contributed by atoms with E-state index in [9.17, 15) is 9.90 Å². The normalized spacial score (nSPS) is 19.0. The van der Waals surface area contributed by atoms with Crippen molar-refractivity contribution < 1.29 is 9.90 Å². The Labute approximate surface area is 136 Å². The molecule has 22 heavy (non-hydrogen) atoms. The van der Waals surface area contributed by atoms with Crippen molar-refractivity contribution in [3.05, 3.63) is 23.2 Å². The van der Waals surface area contributed by atoms with Gasteiger partial charge in [-0.3, -0.25) is 4.79 Å². The van der Waals surface area contributed by atoms with Gasteiger partial charge in [0.2, 0.25) is 5.88 Å². The molecule has 0 bridgehead atoms. The predicted molar refractivity (Wildman–Crippen MR) is 87.2 cm³/mol. The molecule has 5 nitrogen and oxygen atoms in total. The maximum absolute atomic E-state index is 11.7. The van der Waals surface area contributed by atoms with Crippen molar-refractivity contribution in [3.63, 3.8) is 0 Å². The fourth-order valence-electron chi connectivity index (χ4n) is 2.61. The van der Waals surface area contributed by atoms with Crippen LogP contribution in [0, 0.1) is 5.92 Å². The number of amides is 1. The van der Waals surface area contributed by atoms with Gasteiger partial charge >= 0.3 is 0 Å². The van der Waals surface area contributed by atoms with Crippen LogP contribution < -0.4 is 0 Å². The molecule has 2 aromatic rings. The highest BCUT2D eigenvalue weighted by molar-refractivity contribution is 8.00. The molecule has 1 saturated heterocycles. The Bertz CT molecular complexity index is 794. The molecule has 1 aliphatic carbocycles. The molecule has 1 saturated carbocycles. The molecule has 1 aliphatic heterocycles. The number of carbonyl (C=O) groups excluding carboxylic acids is 1. The second-order valence-corrected chi connectivity index (χ2v) is 7.22. The van der Waals surface area contributed by atoms with Gasteiger partial charge in [-0.25, -0.2) is 0 Å². The van der Waals surface area contributed by atoms with E-state index in [0.29, 0.717) is 10.7 Å². The Morgan fingerprint density at radius 2 is 2.14 bits per heavy atom. The van der Waals surface area contributed by atoms with E-state index in [1.165, 1.54) is 0 Å². The number of hydrogen-bond acceptors (Lipinski definition) is 4. The maximum Gasteiger partial charge on any atom is 0.267 e. The zero-order chi connectivity index (χ0) is 15.3. The minimum atomic E-state index is -0.207. The van der Waals surface area contributed by atoms with Gasteiger partial charge in [0, 0.05) is 27.8 Å². The van der Waals surface area contributed by atoms with E-state index in [-0.39, 0.29) is 23.7 Å². The Kier molecular flexibility index (Phi) is 3.38. The lowest BCUT2D eigenvalue weighted by Crippen LogP contribution is -2.22. The Morgan fingerprint density at radius 1 is 1.36 bits per heavy atom. The van der Waals surface area contributed by atoms with E-state index in [4.69, 9.17) is 11.6 Å². The number of aromatic hydroxyl groups is 1. The number of hydrogen-bond donors (Lipinski definition) is 1. The Hall–Kier alpha value is -1.53. The molecule has 0 spiro atoms. The molecular weight excluding hydrogens is 322 g/mol. The van der Waals surface area contributed by atoms with Crippen LogP contribution in [0.25, 0.3) is 10.9 Å². The first kappa shape index (κ1) is 14.1. The minimum Gasteiger partial charge on any atom is -0.493 e. The van der Waals surface area contributed by atoms with Crippen LogP contribution in [-0.4, -0.2) is 27.1 Å². The average molecular weight is 336 g/mol. The van der Waals surface area contributed by atoms with E-state index in [1.807, 2.05) is 22.4 Å². The van der Waals surface area contributed by atoms with E-state index in [1.54, 1.807) is 12.1 Å². The Morgan fingerprint density at radius 3 is 2.77 bits per heavy atom. The lowest BCUT2D eigenvalue weighted by atomic mass is 10.2. The highest BCUT2D eigenvalue weighted by atomic mass is 35.5. The van der Waals surface area contributed by atoms with Gasteiger partial charge in [-0.2, -0.15) is 11.8 Å². The number of fused-ring (bicyclic) bond motifs is 1. The molecule has 1 aromatic carbocycles. The second-order valence-electron chi connectivity index (χ2n) is 5.71. The summed E-state index contributed by atoms with van der Waals surface area (Å²) in [6, 6.07) is 5.68. The molecule has 114 valence electrons. The van der Waals surface area contributed by atoms with Gasteiger partial charge in [0.15, 0.2) is 5.69 Å². The summed E-state index contributed by atoms with van der Waals surface area (Å²) in [5.41, 5.74) is 1.21. The monoisotopic (exact) mass is 335 g/mol. The minimum absolute atomic E-state index is 0.0193. The van der Waals surface area contributed by atoms with Crippen LogP contribution in [0.1, 0.15) is 18.9 Å². The summed E-state index contributed by atoms with van der Waals surface area (Å²) in [5.74, 6) is 1.79. The summed E-state index contributed by atoms with van der Waals surface area (Å²) in [4.78, 5) is 11.7. The van der Waals surface area contributed by atoms with Crippen LogP contribution in [0.15, 0.2) is 28.4 Å². The number of halogens is 1. The molecule has 2 aliphatic rings. The largest absolute Gasteiger partial charge is 0.493 e. The van der Waals surface area contributed by atoms with Crippen molar-refractivity contribution in [2.24, 2.45) is 16.1 Å². The summed E-state index contributed by atoms with van der Waals surface area (Å²) < 4.78 is 1.87. The van der Waals surface area contributed by atoms with Gasteiger partial charge in [0.25, 0.3) is 5.91 Å². The third-order valence-electron chi connectivity index (χ3n) is 4.07. The average Bonchev–Trinajstić information content (AvgIpc) is 3.24. The number of aromatic nitrogens is 1. The van der Waals surface area contributed by atoms with Crippen LogP contribution in [0.5, 0.6) is 5.88 Å². The Balaban J connectivity index is 1.83. The van der Waals surface area contributed by atoms with E-state index in [2.05, 4.69) is 10.2 Å². The summed E-state index contributed by atoms with van der Waals surface area (Å²) in [7, 11) is 0. The fraction of sp³-hybridized carbons (Fsp3) is 0.400. The number of thioether (sulfide) groups is 1. The lowest BCUT2D eigenvalue weighted by molar-refractivity contribution is -0.119. The fourth-order valence-corrected chi connectivity index (χ4v) is 3.53. The number of rotatable bonds is 3. The van der Waals surface area contributed by atoms with Crippen LogP contribution in [0.3, 0.4) is 0 Å². The molecule has 0 unspecified atom stereocenters. The molecule has 2 heterocycles. The molecule has 1 N–H and O–H groups in total. The van der Waals surface area contributed by atoms with Gasteiger partial charge in [-0.1, -0.05) is 11.6 Å². The molecule has 1 aromatic heterocycles. The van der Waals surface area contributed by atoms with Crippen molar-refractivity contribution >= 4 is 45.9 Å². The van der Waals surface area contributed by atoms with E-state index in [0.717, 1.165) is 35.3 Å². The van der Waals surface area contributed by atoms with Crippen molar-refractivity contribution in [2.75, 3.05) is 11.5 Å². The molecular formula is C15H14ClN3O2S. The van der Waals surface area contributed by atoms with Gasteiger partial charge in [0.05, 0.1) is 11.6 Å². The standard InChI is InChI=1S/C15H14ClN3O2S/c16-9-3-4-12-11(5-9)13(17-18-14(20)8-1-2-8)15(21)19(12)10-6-22-7-10/h3-5,8,10,21H,1-2,6-7H2. The topological polar surface area (TPSA) is 66.9 Å². The first-order valence-electron chi connectivity index (χ1n) is 7.21. The predicted octanol–water partition coefficient (Wildman–Crippen LogP) is 4.31. The second kappa shape index (κ2) is 5.28. The van der Waals surface area contributed by atoms with Crippen LogP contribution in [0.4, 0.5) is 5.69 Å². The van der Waals surface area contributed by atoms with Crippen molar-refractivity contribution in [2.45, 2.75) is 18.9 Å². The van der Waals surface area contributed by atoms with Crippen LogP contribution in [-0.2, 0) is 4.79 Å². The molecule has 4 rings (SSSR count). The number of carbonyl (C=O) groups is 1. The molecule has 1 amide bonds. The smallest absolute Gasteiger partial charge is 0.267 e. The van der Waals surface area contributed by atoms with Crippen LogP contribution in [0.2, 0.25) is 5.02 Å².